The Labute approximate surface area is 213 Å². The van der Waals surface area contributed by atoms with Crippen molar-refractivity contribution in [3.63, 3.8) is 0 Å². The molecule has 0 unspecified atom stereocenters. The topological polar surface area (TPSA) is 120 Å². The fourth-order valence-electron chi connectivity index (χ4n) is 4.71. The zero-order chi connectivity index (χ0) is 25.4. The van der Waals surface area contributed by atoms with Crippen LogP contribution in [0.4, 0.5) is 0 Å². The number of nitrogens with zero attached hydrogens (tertiary/aromatic N) is 6. The van der Waals surface area contributed by atoms with Crippen LogP contribution in [0.2, 0.25) is 5.02 Å². The van der Waals surface area contributed by atoms with Crippen molar-refractivity contribution in [1.29, 1.82) is 0 Å². The zero-order valence-corrected chi connectivity index (χ0v) is 20.9. The molecule has 3 aromatic heterocycles. The van der Waals surface area contributed by atoms with Gasteiger partial charge in [-0.05, 0) is 38.8 Å². The van der Waals surface area contributed by atoms with Crippen molar-refractivity contribution in [2.24, 2.45) is 5.73 Å². The van der Waals surface area contributed by atoms with Crippen LogP contribution in [0.1, 0.15) is 24.4 Å². The number of halogens is 1. The van der Waals surface area contributed by atoms with Gasteiger partial charge in [-0.15, -0.1) is 0 Å². The Morgan fingerprint density at radius 1 is 1.14 bits per heavy atom. The van der Waals surface area contributed by atoms with Crippen LogP contribution in [-0.2, 0) is 11.3 Å². The van der Waals surface area contributed by atoms with Gasteiger partial charge in [-0.2, -0.15) is 0 Å². The van der Waals surface area contributed by atoms with Crippen molar-refractivity contribution >= 4 is 28.5 Å². The zero-order valence-electron chi connectivity index (χ0n) is 20.1. The second kappa shape index (κ2) is 9.75. The lowest BCUT2D eigenvalue weighted by molar-refractivity contribution is -0.132. The molecule has 1 amide bonds. The highest BCUT2D eigenvalue weighted by atomic mass is 35.5. The van der Waals surface area contributed by atoms with Gasteiger partial charge in [0.05, 0.1) is 17.6 Å². The van der Waals surface area contributed by atoms with E-state index in [4.69, 9.17) is 17.3 Å². The number of amides is 1. The molecule has 36 heavy (non-hydrogen) atoms. The minimum atomic E-state index is -0.345. The molecule has 0 saturated carbocycles. The van der Waals surface area contributed by atoms with Gasteiger partial charge in [0.2, 0.25) is 5.91 Å². The Kier molecular flexibility index (Phi) is 6.51. The Morgan fingerprint density at radius 3 is 2.72 bits per heavy atom. The number of aryl methyl sites for hydroxylation is 2. The highest BCUT2D eigenvalue weighted by Crippen LogP contribution is 2.31. The van der Waals surface area contributed by atoms with Crippen LogP contribution >= 0.6 is 11.6 Å². The molecule has 1 saturated heterocycles. The number of carbonyl (C=O) groups excluding carboxylic acids is 1. The van der Waals surface area contributed by atoms with Crippen LogP contribution in [0.25, 0.3) is 33.4 Å². The van der Waals surface area contributed by atoms with Crippen molar-refractivity contribution in [2.45, 2.75) is 39.3 Å². The van der Waals surface area contributed by atoms with Gasteiger partial charge in [0.15, 0.2) is 0 Å². The SMILES string of the molecule is Cc1cncc(-c2ccc(-c3cc4cnc(C)nc4n(CC(=O)N4CCC[C@H]4CN)c3=O)c(Cl)c2)n1. The molecule has 0 spiro atoms. The highest BCUT2D eigenvalue weighted by molar-refractivity contribution is 6.33. The third kappa shape index (κ3) is 4.47. The van der Waals surface area contributed by atoms with Crippen LogP contribution in [0.5, 0.6) is 0 Å². The number of hydrogen-bond donors (Lipinski definition) is 1. The minimum absolute atomic E-state index is 0.00859. The van der Waals surface area contributed by atoms with Crippen molar-refractivity contribution < 1.29 is 4.79 Å². The van der Waals surface area contributed by atoms with Gasteiger partial charge in [-0.3, -0.25) is 19.1 Å². The van der Waals surface area contributed by atoms with Gasteiger partial charge in [-0.1, -0.05) is 23.7 Å². The maximum Gasteiger partial charge on any atom is 0.260 e. The van der Waals surface area contributed by atoms with Crippen LogP contribution in [0, 0.1) is 13.8 Å². The molecule has 1 aliphatic heterocycles. The Morgan fingerprint density at radius 2 is 1.97 bits per heavy atom. The summed E-state index contributed by atoms with van der Waals surface area (Å²) in [4.78, 5) is 46.2. The molecule has 1 fully saturated rings. The van der Waals surface area contributed by atoms with Crippen molar-refractivity contribution in [3.05, 3.63) is 69.8 Å². The minimum Gasteiger partial charge on any atom is -0.337 e. The van der Waals surface area contributed by atoms with Crippen LogP contribution < -0.4 is 11.3 Å². The number of fused-ring (bicyclic) bond motifs is 1. The molecule has 9 nitrogen and oxygen atoms in total. The molecule has 10 heteroatoms. The Bertz CT molecular complexity index is 1540. The molecule has 1 atom stereocenters. The van der Waals surface area contributed by atoms with Crippen molar-refractivity contribution in [3.8, 4) is 22.4 Å². The predicted octanol–water partition coefficient (Wildman–Crippen LogP) is 3.14. The molecule has 0 aliphatic carbocycles. The standard InChI is InChI=1S/C26H26ClN7O2/c1-15-11-29-13-23(31-15)17-5-6-20(22(27)9-17)21-8-18-12-30-16(2)32-25(18)34(26(21)36)14-24(35)33-7-3-4-19(33)10-28/h5-6,8-9,11-13,19H,3-4,7,10,14,28H2,1-2H3/t19-/m0/s1. The lowest BCUT2D eigenvalue weighted by Gasteiger charge is -2.24. The Balaban J connectivity index is 1.61. The molecular formula is C26H26ClN7O2. The second-order valence-corrected chi connectivity index (χ2v) is 9.41. The maximum absolute atomic E-state index is 13.8. The fourth-order valence-corrected chi connectivity index (χ4v) is 5.00. The average molecular weight is 504 g/mol. The predicted molar refractivity (Wildman–Crippen MR) is 139 cm³/mol. The van der Waals surface area contributed by atoms with Crippen LogP contribution in [0.3, 0.4) is 0 Å². The number of likely N-dealkylation sites (tertiary alicyclic amines) is 1. The summed E-state index contributed by atoms with van der Waals surface area (Å²) >= 11 is 6.68. The molecule has 4 aromatic rings. The molecule has 0 radical (unpaired) electrons. The summed E-state index contributed by atoms with van der Waals surface area (Å²) in [5, 5.41) is 1.03. The van der Waals surface area contributed by atoms with E-state index in [0.29, 0.717) is 51.8 Å². The third-order valence-electron chi connectivity index (χ3n) is 6.52. The smallest absolute Gasteiger partial charge is 0.260 e. The van der Waals surface area contributed by atoms with E-state index in [2.05, 4.69) is 19.9 Å². The quantitative estimate of drug-likeness (QED) is 0.444. The van der Waals surface area contributed by atoms with Crippen LogP contribution in [-0.4, -0.2) is 54.4 Å². The van der Waals surface area contributed by atoms with Crippen LogP contribution in [0.15, 0.2) is 47.7 Å². The first-order chi connectivity index (χ1) is 17.4. The molecule has 5 rings (SSSR count). The summed E-state index contributed by atoms with van der Waals surface area (Å²) in [6.07, 6.45) is 6.77. The molecule has 184 valence electrons. The first kappa shape index (κ1) is 24.0. The number of aromatic nitrogens is 5. The molecular weight excluding hydrogens is 478 g/mol. The molecule has 1 aliphatic rings. The van der Waals surface area contributed by atoms with Crippen molar-refractivity contribution in [1.82, 2.24) is 29.4 Å². The molecule has 2 N–H and O–H groups in total. The second-order valence-electron chi connectivity index (χ2n) is 9.00. The number of hydrogen-bond acceptors (Lipinski definition) is 7. The largest absolute Gasteiger partial charge is 0.337 e. The summed E-state index contributed by atoms with van der Waals surface area (Å²) in [6, 6.07) is 7.12. The van der Waals surface area contributed by atoms with E-state index in [1.807, 2.05) is 13.0 Å². The van der Waals surface area contributed by atoms with Gasteiger partial charge in [0, 0.05) is 58.6 Å². The summed E-state index contributed by atoms with van der Waals surface area (Å²) in [6.45, 7) is 4.52. The lowest BCUT2D eigenvalue weighted by Crippen LogP contribution is -2.43. The first-order valence-electron chi connectivity index (χ1n) is 11.8. The van der Waals surface area contributed by atoms with Gasteiger partial charge in [-0.25, -0.2) is 15.0 Å². The maximum atomic E-state index is 13.8. The van der Waals surface area contributed by atoms with Gasteiger partial charge >= 0.3 is 0 Å². The number of pyridine rings is 1. The van der Waals surface area contributed by atoms with Gasteiger partial charge < -0.3 is 10.6 Å². The van der Waals surface area contributed by atoms with Gasteiger partial charge in [0.25, 0.3) is 5.56 Å². The summed E-state index contributed by atoms with van der Waals surface area (Å²) in [5.74, 6) is 0.359. The van der Waals surface area contributed by atoms with E-state index in [1.54, 1.807) is 48.6 Å². The van der Waals surface area contributed by atoms with E-state index in [0.717, 1.165) is 24.1 Å². The summed E-state index contributed by atoms with van der Waals surface area (Å²) in [5.41, 5.74) is 9.12. The Hall–Kier alpha value is -3.69. The number of carbonyl (C=O) groups is 1. The fraction of sp³-hybridized carbons (Fsp3) is 0.308. The summed E-state index contributed by atoms with van der Waals surface area (Å²) in [7, 11) is 0. The van der Waals surface area contributed by atoms with Crippen molar-refractivity contribution in [2.75, 3.05) is 13.1 Å². The van der Waals surface area contributed by atoms with E-state index < -0.39 is 0 Å². The summed E-state index contributed by atoms with van der Waals surface area (Å²) < 4.78 is 1.42. The molecule has 4 heterocycles. The van der Waals surface area contributed by atoms with E-state index >= 15 is 0 Å². The average Bonchev–Trinajstić information content (AvgIpc) is 3.35. The number of rotatable bonds is 5. The molecule has 1 aromatic carbocycles. The monoisotopic (exact) mass is 503 g/mol. The highest BCUT2D eigenvalue weighted by Gasteiger charge is 2.28. The van der Waals surface area contributed by atoms with E-state index in [1.165, 1.54) is 4.57 Å². The number of benzene rings is 1. The van der Waals surface area contributed by atoms with Gasteiger partial charge in [0.1, 0.15) is 18.0 Å². The normalized spacial score (nSPS) is 15.6. The lowest BCUT2D eigenvalue weighted by atomic mass is 10.0. The van der Waals surface area contributed by atoms with E-state index in [-0.39, 0.29) is 24.1 Å². The van der Waals surface area contributed by atoms with E-state index in [9.17, 15) is 9.59 Å². The third-order valence-corrected chi connectivity index (χ3v) is 6.83. The molecule has 0 bridgehead atoms. The number of nitrogens with two attached hydrogens (primary N) is 1. The first-order valence-corrected chi connectivity index (χ1v) is 12.2.